The molecule has 0 radical (unpaired) electrons. The van der Waals surface area contributed by atoms with Crippen molar-refractivity contribution in [1.29, 1.82) is 0 Å². The molecule has 2 aliphatic rings. The predicted molar refractivity (Wildman–Crippen MR) is 145 cm³/mol. The first-order valence-electron chi connectivity index (χ1n) is 13.6. The minimum atomic E-state index is -0.471. The zero-order chi connectivity index (χ0) is 26.5. The molecule has 0 unspecified atom stereocenters. The fourth-order valence-electron chi connectivity index (χ4n) is 5.61. The SMILES string of the molecule is O=C(Nc1ccc(OC2CCC3(CC2)CC(OCc2ccccc2)C3)nc1)c1nnc(Cc2ccccc2)o1. The number of amides is 1. The van der Waals surface area contributed by atoms with Crippen LogP contribution >= 0.6 is 0 Å². The van der Waals surface area contributed by atoms with Gasteiger partial charge in [0.15, 0.2) is 0 Å². The summed E-state index contributed by atoms with van der Waals surface area (Å²) in [6, 6.07) is 23.7. The summed E-state index contributed by atoms with van der Waals surface area (Å²) in [5.74, 6) is 0.400. The van der Waals surface area contributed by atoms with E-state index in [0.29, 0.717) is 42.0 Å². The number of carbonyl (C=O) groups is 1. The van der Waals surface area contributed by atoms with Gasteiger partial charge >= 0.3 is 11.8 Å². The number of nitrogens with one attached hydrogen (secondary N) is 1. The van der Waals surface area contributed by atoms with Gasteiger partial charge in [-0.1, -0.05) is 60.7 Å². The Bertz CT molecular complexity index is 1360. The average Bonchev–Trinajstić information content (AvgIpc) is 3.42. The van der Waals surface area contributed by atoms with Crippen molar-refractivity contribution in [1.82, 2.24) is 15.2 Å². The fourth-order valence-corrected chi connectivity index (χ4v) is 5.61. The van der Waals surface area contributed by atoms with Crippen molar-refractivity contribution in [3.63, 3.8) is 0 Å². The van der Waals surface area contributed by atoms with Crippen LogP contribution in [-0.4, -0.2) is 33.3 Å². The molecule has 6 rings (SSSR count). The van der Waals surface area contributed by atoms with Gasteiger partial charge in [-0.3, -0.25) is 4.79 Å². The van der Waals surface area contributed by atoms with Crippen molar-refractivity contribution in [3.8, 4) is 5.88 Å². The van der Waals surface area contributed by atoms with E-state index in [1.807, 2.05) is 36.4 Å². The monoisotopic (exact) mass is 524 g/mol. The van der Waals surface area contributed by atoms with Gasteiger partial charge in [-0.15, -0.1) is 10.2 Å². The quantitative estimate of drug-likeness (QED) is 0.287. The lowest BCUT2D eigenvalue weighted by atomic mass is 9.59. The molecule has 1 N–H and O–H groups in total. The van der Waals surface area contributed by atoms with Crippen LogP contribution in [-0.2, 0) is 17.8 Å². The van der Waals surface area contributed by atoms with E-state index in [9.17, 15) is 4.79 Å². The molecule has 0 aliphatic heterocycles. The van der Waals surface area contributed by atoms with Crippen molar-refractivity contribution in [2.24, 2.45) is 5.41 Å². The summed E-state index contributed by atoms with van der Waals surface area (Å²) in [5, 5.41) is 10.6. The van der Waals surface area contributed by atoms with Gasteiger partial charge < -0.3 is 19.2 Å². The van der Waals surface area contributed by atoms with E-state index in [-0.39, 0.29) is 12.0 Å². The van der Waals surface area contributed by atoms with E-state index < -0.39 is 5.91 Å². The topological polar surface area (TPSA) is 99.4 Å². The highest BCUT2D eigenvalue weighted by atomic mass is 16.5. The highest BCUT2D eigenvalue weighted by molar-refractivity contribution is 6.00. The lowest BCUT2D eigenvalue weighted by Gasteiger charge is -2.51. The van der Waals surface area contributed by atoms with Gasteiger partial charge in [-0.2, -0.15) is 0 Å². The molecule has 4 aromatic rings. The van der Waals surface area contributed by atoms with Crippen molar-refractivity contribution < 1.29 is 18.7 Å². The van der Waals surface area contributed by atoms with E-state index in [1.54, 1.807) is 18.3 Å². The molecule has 2 aromatic heterocycles. The van der Waals surface area contributed by atoms with Crippen LogP contribution in [0.15, 0.2) is 83.4 Å². The summed E-state index contributed by atoms with van der Waals surface area (Å²) in [4.78, 5) is 16.9. The standard InChI is InChI=1S/C31H32N4O4/c36-29(30-35-34-28(39-30)17-22-7-3-1-4-8-22)33-24-11-12-27(32-20-24)38-25-13-15-31(16-14-25)18-26(19-31)37-21-23-9-5-2-6-10-23/h1-12,20,25-26H,13-19,21H2,(H,33,36). The van der Waals surface area contributed by atoms with Gasteiger partial charge in [0, 0.05) is 6.07 Å². The summed E-state index contributed by atoms with van der Waals surface area (Å²) in [6.07, 6.45) is 9.24. The Morgan fingerprint density at radius 3 is 2.31 bits per heavy atom. The van der Waals surface area contributed by atoms with Crippen LogP contribution < -0.4 is 10.1 Å². The highest BCUT2D eigenvalue weighted by Gasteiger charge is 2.47. The predicted octanol–water partition coefficient (Wildman–Crippen LogP) is 5.99. The van der Waals surface area contributed by atoms with E-state index >= 15 is 0 Å². The Hall–Kier alpha value is -4.04. The molecule has 8 heteroatoms. The third-order valence-corrected chi connectivity index (χ3v) is 7.78. The third-order valence-electron chi connectivity index (χ3n) is 7.78. The normalized spacial score (nSPS) is 22.3. The number of rotatable bonds is 9. The van der Waals surface area contributed by atoms with Gasteiger partial charge in [0.05, 0.1) is 31.0 Å². The second kappa shape index (κ2) is 11.4. The van der Waals surface area contributed by atoms with Gasteiger partial charge in [-0.25, -0.2) is 4.98 Å². The van der Waals surface area contributed by atoms with Crippen molar-refractivity contribution in [3.05, 3.63) is 102 Å². The van der Waals surface area contributed by atoms with Gasteiger partial charge in [0.25, 0.3) is 0 Å². The van der Waals surface area contributed by atoms with Crippen LogP contribution in [0.25, 0.3) is 0 Å². The Morgan fingerprint density at radius 2 is 1.62 bits per heavy atom. The average molecular weight is 525 g/mol. The second-order valence-electron chi connectivity index (χ2n) is 10.6. The number of ether oxygens (including phenoxy) is 2. The van der Waals surface area contributed by atoms with Gasteiger partial charge in [-0.05, 0) is 61.1 Å². The zero-order valence-electron chi connectivity index (χ0n) is 21.8. The number of aromatic nitrogens is 3. The van der Waals surface area contributed by atoms with Crippen LogP contribution in [0.1, 0.15) is 66.2 Å². The fraction of sp³-hybridized carbons (Fsp3) is 0.355. The van der Waals surface area contributed by atoms with Gasteiger partial charge in [0.2, 0.25) is 11.8 Å². The molecule has 1 spiro atoms. The Labute approximate surface area is 227 Å². The maximum absolute atomic E-state index is 12.5. The van der Waals surface area contributed by atoms with Crippen molar-refractivity contribution >= 4 is 11.6 Å². The summed E-state index contributed by atoms with van der Waals surface area (Å²) < 4.78 is 17.8. The molecule has 0 atom stereocenters. The number of nitrogens with zero attached hydrogens (tertiary/aromatic N) is 3. The largest absolute Gasteiger partial charge is 0.474 e. The summed E-state index contributed by atoms with van der Waals surface area (Å²) >= 11 is 0. The van der Waals surface area contributed by atoms with Crippen molar-refractivity contribution in [2.75, 3.05) is 5.32 Å². The van der Waals surface area contributed by atoms with Crippen LogP contribution in [0.2, 0.25) is 0 Å². The lowest BCUT2D eigenvalue weighted by molar-refractivity contribution is -0.112. The minimum absolute atomic E-state index is 0.0823. The lowest BCUT2D eigenvalue weighted by Crippen LogP contribution is -2.46. The second-order valence-corrected chi connectivity index (χ2v) is 10.6. The first kappa shape index (κ1) is 25.2. The van der Waals surface area contributed by atoms with Crippen LogP contribution in [0.4, 0.5) is 5.69 Å². The molecule has 2 fully saturated rings. The number of benzene rings is 2. The maximum atomic E-state index is 12.5. The number of hydrogen-bond acceptors (Lipinski definition) is 7. The van der Waals surface area contributed by atoms with Gasteiger partial charge in [0.1, 0.15) is 6.10 Å². The van der Waals surface area contributed by atoms with Crippen molar-refractivity contribution in [2.45, 2.75) is 63.8 Å². The smallest absolute Gasteiger partial charge is 0.313 e. The molecular formula is C31H32N4O4. The first-order chi connectivity index (χ1) is 19.1. The number of hydrogen-bond donors (Lipinski definition) is 1. The molecule has 2 aromatic carbocycles. The van der Waals surface area contributed by atoms with E-state index in [4.69, 9.17) is 13.9 Å². The minimum Gasteiger partial charge on any atom is -0.474 e. The van der Waals surface area contributed by atoms with E-state index in [0.717, 1.165) is 44.1 Å². The summed E-state index contributed by atoms with van der Waals surface area (Å²) in [5.41, 5.74) is 3.22. The Balaban J connectivity index is 0.929. The molecule has 8 nitrogen and oxygen atoms in total. The number of anilines is 1. The molecule has 1 amide bonds. The highest BCUT2D eigenvalue weighted by Crippen LogP contribution is 2.53. The molecule has 39 heavy (non-hydrogen) atoms. The van der Waals surface area contributed by atoms with Crippen LogP contribution in [0.3, 0.4) is 0 Å². The number of pyridine rings is 1. The Morgan fingerprint density at radius 1 is 0.897 bits per heavy atom. The molecule has 0 saturated heterocycles. The summed E-state index contributed by atoms with van der Waals surface area (Å²) in [7, 11) is 0. The third kappa shape index (κ3) is 6.34. The molecular weight excluding hydrogens is 492 g/mol. The molecule has 200 valence electrons. The first-order valence-corrected chi connectivity index (χ1v) is 13.6. The van der Waals surface area contributed by atoms with E-state index in [1.165, 1.54) is 5.56 Å². The molecule has 0 bridgehead atoms. The zero-order valence-corrected chi connectivity index (χ0v) is 21.8. The summed E-state index contributed by atoms with van der Waals surface area (Å²) in [6.45, 7) is 0.694. The Kier molecular flexibility index (Phi) is 7.36. The molecule has 2 saturated carbocycles. The maximum Gasteiger partial charge on any atom is 0.313 e. The van der Waals surface area contributed by atoms with Crippen LogP contribution in [0.5, 0.6) is 5.88 Å². The van der Waals surface area contributed by atoms with Crippen LogP contribution in [0, 0.1) is 5.41 Å². The number of carbonyl (C=O) groups excluding carboxylic acids is 1. The van der Waals surface area contributed by atoms with E-state index in [2.05, 4.69) is 44.8 Å². The molecule has 2 aliphatic carbocycles. The molecule has 2 heterocycles.